The van der Waals surface area contributed by atoms with Crippen molar-refractivity contribution in [3.05, 3.63) is 23.9 Å². The van der Waals surface area contributed by atoms with Gasteiger partial charge < -0.3 is 9.27 Å². The first-order valence-electron chi connectivity index (χ1n) is 2.93. The molecule has 0 heterocycles. The number of rotatable bonds is 2. The minimum atomic E-state index is -2.57. The van der Waals surface area contributed by atoms with E-state index in [0.29, 0.717) is 0 Å². The third-order valence-corrected chi connectivity index (χ3v) is 1.53. The Morgan fingerprint density at radius 1 is 1.33 bits per heavy atom. The van der Waals surface area contributed by atoms with Gasteiger partial charge in [0.25, 0.3) is 0 Å². The Morgan fingerprint density at radius 2 is 2.00 bits per heavy atom. The van der Waals surface area contributed by atoms with Crippen molar-refractivity contribution in [1.29, 1.82) is 0 Å². The highest BCUT2D eigenvalue weighted by molar-refractivity contribution is 7.77. The van der Waals surface area contributed by atoms with Crippen molar-refractivity contribution in [2.45, 2.75) is 0 Å². The van der Waals surface area contributed by atoms with Gasteiger partial charge in [0, 0.05) is 17.3 Å². The molecule has 6 heteroatoms. The zero-order valence-corrected chi connectivity index (χ0v) is 6.59. The monoisotopic (exact) mass is 186 g/mol. The fourth-order valence-electron chi connectivity index (χ4n) is 0.679. The molecule has 64 valence electrons. The maximum Gasteiger partial charge on any atom is 0.202 e. The first-order chi connectivity index (χ1) is 5.59. The SMILES string of the molecule is O=C1C=CC(=O)C(NS(=O)[O-])=C1. The van der Waals surface area contributed by atoms with Crippen molar-refractivity contribution in [2.75, 3.05) is 0 Å². The van der Waals surface area contributed by atoms with Crippen LogP contribution in [-0.2, 0) is 20.9 Å². The van der Waals surface area contributed by atoms with Gasteiger partial charge in [-0.1, -0.05) is 0 Å². The normalized spacial score (nSPS) is 18.9. The minimum absolute atomic E-state index is 0.226. The molecule has 0 amide bonds. The summed E-state index contributed by atoms with van der Waals surface area (Å²) >= 11 is -2.57. The Balaban J connectivity index is 2.81. The number of hydrogen-bond acceptors (Lipinski definition) is 4. The van der Waals surface area contributed by atoms with Crippen LogP contribution in [0.5, 0.6) is 0 Å². The highest BCUT2D eigenvalue weighted by Crippen LogP contribution is 2.01. The summed E-state index contributed by atoms with van der Waals surface area (Å²) in [6.07, 6.45) is 3.01. The summed E-state index contributed by atoms with van der Waals surface area (Å²) < 4.78 is 22.0. The summed E-state index contributed by atoms with van der Waals surface area (Å²) in [7, 11) is 0. The first-order valence-corrected chi connectivity index (χ1v) is 4.01. The highest BCUT2D eigenvalue weighted by Gasteiger charge is 2.12. The van der Waals surface area contributed by atoms with E-state index in [1.54, 1.807) is 0 Å². The summed E-state index contributed by atoms with van der Waals surface area (Å²) in [5.41, 5.74) is -0.226. The summed E-state index contributed by atoms with van der Waals surface area (Å²) in [6.45, 7) is 0. The lowest BCUT2D eigenvalue weighted by atomic mass is 10.1. The van der Waals surface area contributed by atoms with Crippen molar-refractivity contribution in [3.63, 3.8) is 0 Å². The standard InChI is InChI=1S/C6H5NO4S/c8-4-1-2-6(9)5(3-4)7-12(10)11/h1-3,7H,(H,10,11)/p-1. The molecule has 0 aromatic heterocycles. The Morgan fingerprint density at radius 3 is 2.58 bits per heavy atom. The predicted molar refractivity (Wildman–Crippen MR) is 39.3 cm³/mol. The fourth-order valence-corrected chi connectivity index (χ4v) is 1.02. The van der Waals surface area contributed by atoms with Crippen LogP contribution >= 0.6 is 0 Å². The second-order valence-electron chi connectivity index (χ2n) is 1.99. The zero-order chi connectivity index (χ0) is 9.14. The molecule has 0 spiro atoms. The van der Waals surface area contributed by atoms with Crippen LogP contribution in [0.4, 0.5) is 0 Å². The van der Waals surface area contributed by atoms with Crippen LogP contribution in [0.3, 0.4) is 0 Å². The molecule has 5 nitrogen and oxygen atoms in total. The first kappa shape index (κ1) is 8.82. The summed E-state index contributed by atoms with van der Waals surface area (Å²) in [4.78, 5) is 21.5. The quantitative estimate of drug-likeness (QED) is 0.441. The van der Waals surface area contributed by atoms with Gasteiger partial charge >= 0.3 is 0 Å². The van der Waals surface area contributed by atoms with Gasteiger partial charge in [0.2, 0.25) is 5.78 Å². The average molecular weight is 186 g/mol. The summed E-state index contributed by atoms with van der Waals surface area (Å²) in [5.74, 6) is -0.943. The number of hydrogen-bond donors (Lipinski definition) is 1. The van der Waals surface area contributed by atoms with Gasteiger partial charge in [-0.15, -0.1) is 0 Å². The van der Waals surface area contributed by atoms with E-state index in [4.69, 9.17) is 0 Å². The smallest absolute Gasteiger partial charge is 0.202 e. The van der Waals surface area contributed by atoms with E-state index < -0.39 is 22.8 Å². The van der Waals surface area contributed by atoms with Crippen LogP contribution in [0, 0.1) is 0 Å². The third-order valence-electron chi connectivity index (χ3n) is 1.14. The zero-order valence-electron chi connectivity index (χ0n) is 5.77. The molecule has 1 atom stereocenters. The molecular formula is C6H4NO4S-. The molecule has 1 rings (SSSR count). The lowest BCUT2D eigenvalue weighted by Gasteiger charge is -2.11. The Bertz CT molecular complexity index is 318. The molecule has 1 N–H and O–H groups in total. The second-order valence-corrected chi connectivity index (χ2v) is 2.67. The van der Waals surface area contributed by atoms with E-state index in [9.17, 15) is 18.4 Å². The Kier molecular flexibility index (Phi) is 2.51. The fraction of sp³-hybridized carbons (Fsp3) is 0. The van der Waals surface area contributed by atoms with Crippen LogP contribution in [0.25, 0.3) is 0 Å². The molecule has 0 aliphatic heterocycles. The van der Waals surface area contributed by atoms with Crippen molar-refractivity contribution in [1.82, 2.24) is 4.72 Å². The van der Waals surface area contributed by atoms with Crippen molar-refractivity contribution in [3.8, 4) is 0 Å². The largest absolute Gasteiger partial charge is 0.755 e. The molecule has 0 radical (unpaired) electrons. The van der Waals surface area contributed by atoms with E-state index in [0.717, 1.165) is 18.2 Å². The van der Waals surface area contributed by atoms with E-state index in [1.807, 2.05) is 4.72 Å². The third kappa shape index (κ3) is 2.11. The summed E-state index contributed by atoms with van der Waals surface area (Å²) in [6, 6.07) is 0. The number of allylic oxidation sites excluding steroid dienone is 3. The van der Waals surface area contributed by atoms with E-state index in [1.165, 1.54) is 0 Å². The molecule has 0 aromatic carbocycles. The molecule has 12 heavy (non-hydrogen) atoms. The molecule has 1 aliphatic rings. The van der Waals surface area contributed by atoms with Crippen molar-refractivity contribution >= 4 is 22.8 Å². The van der Waals surface area contributed by atoms with Crippen LogP contribution in [-0.4, -0.2) is 20.3 Å². The highest BCUT2D eigenvalue weighted by atomic mass is 32.2. The van der Waals surface area contributed by atoms with Gasteiger partial charge in [0.15, 0.2) is 5.78 Å². The molecule has 0 aromatic rings. The topological polar surface area (TPSA) is 86.3 Å². The van der Waals surface area contributed by atoms with Crippen LogP contribution in [0.1, 0.15) is 0 Å². The molecular weight excluding hydrogens is 182 g/mol. The molecule has 1 unspecified atom stereocenters. The van der Waals surface area contributed by atoms with Crippen LogP contribution in [0.15, 0.2) is 23.9 Å². The van der Waals surface area contributed by atoms with Gasteiger partial charge in [-0.25, -0.2) is 0 Å². The van der Waals surface area contributed by atoms with Gasteiger partial charge in [0.05, 0.1) is 5.70 Å². The minimum Gasteiger partial charge on any atom is -0.755 e. The van der Waals surface area contributed by atoms with Gasteiger partial charge in [-0.05, 0) is 12.2 Å². The predicted octanol–water partition coefficient (Wildman–Crippen LogP) is -1.04. The maximum atomic E-state index is 10.8. The molecule has 0 saturated heterocycles. The average Bonchev–Trinajstić information content (AvgIpc) is 1.96. The lowest BCUT2D eigenvalue weighted by molar-refractivity contribution is -0.114. The van der Waals surface area contributed by atoms with Gasteiger partial charge in [0.1, 0.15) is 0 Å². The summed E-state index contributed by atoms with van der Waals surface area (Å²) in [5, 5.41) is 0. The Labute approximate surface area is 70.6 Å². The van der Waals surface area contributed by atoms with Crippen molar-refractivity contribution in [2.24, 2.45) is 0 Å². The van der Waals surface area contributed by atoms with Gasteiger partial charge in [-0.2, -0.15) is 0 Å². The number of ketones is 2. The maximum absolute atomic E-state index is 10.8. The van der Waals surface area contributed by atoms with Crippen LogP contribution in [0.2, 0.25) is 0 Å². The molecule has 0 fully saturated rings. The van der Waals surface area contributed by atoms with Crippen molar-refractivity contribution < 1.29 is 18.4 Å². The number of carbonyl (C=O) groups excluding carboxylic acids is 2. The lowest BCUT2D eigenvalue weighted by Crippen LogP contribution is -2.24. The molecule has 0 bridgehead atoms. The second kappa shape index (κ2) is 3.42. The number of nitrogens with one attached hydrogen (secondary N) is 1. The Hall–Kier alpha value is -1.27. The van der Waals surface area contributed by atoms with E-state index in [-0.39, 0.29) is 5.70 Å². The van der Waals surface area contributed by atoms with E-state index in [2.05, 4.69) is 0 Å². The number of carbonyl (C=O) groups is 2. The van der Waals surface area contributed by atoms with Gasteiger partial charge in [-0.3, -0.25) is 13.8 Å². The molecule has 0 saturated carbocycles. The van der Waals surface area contributed by atoms with E-state index >= 15 is 0 Å². The molecule has 1 aliphatic carbocycles. The van der Waals surface area contributed by atoms with Crippen LogP contribution < -0.4 is 4.72 Å².